The number of rotatable bonds is 23. The summed E-state index contributed by atoms with van der Waals surface area (Å²) in [5.74, 6) is -1.51. The van der Waals surface area contributed by atoms with E-state index >= 15 is 0 Å². The molecule has 0 aromatic carbocycles. The van der Waals surface area contributed by atoms with Crippen molar-refractivity contribution < 1.29 is 47.4 Å². The van der Waals surface area contributed by atoms with Gasteiger partial charge in [0.25, 0.3) is 10.1 Å². The van der Waals surface area contributed by atoms with Crippen LogP contribution in [0.5, 0.6) is 0 Å². The van der Waals surface area contributed by atoms with Crippen molar-refractivity contribution in [2.75, 3.05) is 52.6 Å². The van der Waals surface area contributed by atoms with Crippen LogP contribution in [0, 0.1) is 0 Å². The van der Waals surface area contributed by atoms with Gasteiger partial charge in [-0.3, -0.25) is 38.9 Å². The number of hydrogen-bond donors (Lipinski definition) is 6. The second kappa shape index (κ2) is 26.5. The van der Waals surface area contributed by atoms with Gasteiger partial charge < -0.3 is 21.3 Å². The molecule has 0 atom stereocenters. The standard InChI is InChI=1S/C26H50N6O7.CH4O3S/c1-22(33)30(2)19-9-4-7-17-28-23(34)13-15-26(37)32(39)21-11-5-8-18-29-24(35)12-14-25(36)31(38)20-10-3-6-16-27;1-5(2,3)4/h38-39H,3-21,27H2,1-2H3,(H,28,34)(H,29,35);1H3,(H,2,3,4). The van der Waals surface area contributed by atoms with Gasteiger partial charge in [-0.1, -0.05) is 6.42 Å². The maximum absolute atomic E-state index is 12.0. The molecule has 7 N–H and O–H groups in total. The van der Waals surface area contributed by atoms with E-state index in [1.54, 1.807) is 11.9 Å². The zero-order chi connectivity index (χ0) is 34.0. The van der Waals surface area contributed by atoms with Crippen LogP contribution in [-0.2, 0) is 34.1 Å². The van der Waals surface area contributed by atoms with Crippen molar-refractivity contribution >= 4 is 39.7 Å². The first-order valence-electron chi connectivity index (χ1n) is 14.9. The first kappa shape index (κ1) is 43.3. The fraction of sp³-hybridized carbons (Fsp3) is 0.815. The quantitative estimate of drug-likeness (QED) is 0.0387. The van der Waals surface area contributed by atoms with Gasteiger partial charge in [0.2, 0.25) is 29.5 Å². The van der Waals surface area contributed by atoms with Crippen LogP contribution in [0.1, 0.15) is 90.4 Å². The van der Waals surface area contributed by atoms with Gasteiger partial charge >= 0.3 is 0 Å². The van der Waals surface area contributed by atoms with Crippen LogP contribution in [0.4, 0.5) is 0 Å². The molecule has 258 valence electrons. The van der Waals surface area contributed by atoms with Crippen LogP contribution in [0.2, 0.25) is 0 Å². The van der Waals surface area contributed by atoms with E-state index in [0.29, 0.717) is 68.2 Å². The normalized spacial score (nSPS) is 10.7. The Bertz CT molecular complexity index is 943. The highest BCUT2D eigenvalue weighted by molar-refractivity contribution is 7.85. The largest absolute Gasteiger partial charge is 0.356 e. The number of unbranched alkanes of at least 4 members (excludes halogenated alkanes) is 6. The average molecular weight is 655 g/mol. The summed E-state index contributed by atoms with van der Waals surface area (Å²) in [7, 11) is -1.92. The lowest BCUT2D eigenvalue weighted by Crippen LogP contribution is -2.31. The molecule has 0 aliphatic carbocycles. The van der Waals surface area contributed by atoms with Crippen molar-refractivity contribution in [1.29, 1.82) is 0 Å². The fourth-order valence-corrected chi connectivity index (χ4v) is 3.54. The lowest BCUT2D eigenvalue weighted by Gasteiger charge is -2.15. The number of nitrogens with two attached hydrogens (primary N) is 1. The molecule has 0 heterocycles. The molecule has 0 spiro atoms. The smallest absolute Gasteiger partial charge is 0.261 e. The molecule has 44 heavy (non-hydrogen) atoms. The maximum atomic E-state index is 12.0. The van der Waals surface area contributed by atoms with Crippen LogP contribution in [-0.4, -0.2) is 121 Å². The number of carbonyl (C=O) groups excluding carboxylic acids is 5. The lowest BCUT2D eigenvalue weighted by atomic mass is 10.2. The Morgan fingerprint density at radius 1 is 0.659 bits per heavy atom. The molecule has 0 unspecified atom stereocenters. The predicted octanol–water partition coefficient (Wildman–Crippen LogP) is 0.667. The second-order valence-electron chi connectivity index (χ2n) is 10.4. The van der Waals surface area contributed by atoms with Crippen LogP contribution in [0.3, 0.4) is 0 Å². The summed E-state index contributed by atoms with van der Waals surface area (Å²) < 4.78 is 25.9. The molecule has 5 amide bonds. The third-order valence-corrected chi connectivity index (χ3v) is 6.18. The second-order valence-corrected chi connectivity index (χ2v) is 11.8. The minimum Gasteiger partial charge on any atom is -0.356 e. The molecule has 0 bridgehead atoms. The van der Waals surface area contributed by atoms with E-state index in [-0.39, 0.29) is 56.5 Å². The molecular weight excluding hydrogens is 600 g/mol. The molecule has 0 aromatic heterocycles. The fourth-order valence-electron chi connectivity index (χ4n) is 3.54. The van der Waals surface area contributed by atoms with Gasteiger partial charge in [-0.15, -0.1) is 0 Å². The SMILES string of the molecule is CC(=O)N(C)CCCCCNC(=O)CCC(=O)N(O)CCCCCNC(=O)CCC(=O)N(O)CCCCCN.CS(=O)(=O)O. The third-order valence-electron chi connectivity index (χ3n) is 6.18. The van der Waals surface area contributed by atoms with E-state index in [2.05, 4.69) is 10.6 Å². The number of hydroxylamine groups is 4. The molecule has 0 saturated heterocycles. The van der Waals surface area contributed by atoms with E-state index < -0.39 is 21.9 Å². The van der Waals surface area contributed by atoms with Crippen LogP contribution in [0.15, 0.2) is 0 Å². The van der Waals surface area contributed by atoms with Crippen molar-refractivity contribution in [3.8, 4) is 0 Å². The van der Waals surface area contributed by atoms with Crippen LogP contribution < -0.4 is 16.4 Å². The highest BCUT2D eigenvalue weighted by Gasteiger charge is 2.14. The van der Waals surface area contributed by atoms with Crippen molar-refractivity contribution in [2.24, 2.45) is 5.73 Å². The summed E-state index contributed by atoms with van der Waals surface area (Å²) in [4.78, 5) is 60.4. The molecule has 0 radical (unpaired) electrons. The molecule has 0 rings (SSSR count). The molecular formula is C27H54N6O10S. The minimum atomic E-state index is -3.67. The van der Waals surface area contributed by atoms with E-state index in [1.807, 2.05) is 0 Å². The summed E-state index contributed by atoms with van der Waals surface area (Å²) >= 11 is 0. The van der Waals surface area contributed by atoms with E-state index in [0.717, 1.165) is 32.1 Å². The summed E-state index contributed by atoms with van der Waals surface area (Å²) in [5.41, 5.74) is 5.40. The third kappa shape index (κ3) is 30.6. The lowest BCUT2D eigenvalue weighted by molar-refractivity contribution is -0.166. The minimum absolute atomic E-state index is 0.000170. The van der Waals surface area contributed by atoms with Crippen LogP contribution in [0.25, 0.3) is 0 Å². The Balaban J connectivity index is 0. The van der Waals surface area contributed by atoms with E-state index in [9.17, 15) is 42.8 Å². The molecule has 0 aromatic rings. The number of nitrogens with zero attached hydrogens (tertiary/aromatic N) is 3. The first-order valence-corrected chi connectivity index (χ1v) is 16.8. The monoisotopic (exact) mass is 654 g/mol. The van der Waals surface area contributed by atoms with Gasteiger partial charge in [0, 0.05) is 72.4 Å². The van der Waals surface area contributed by atoms with Gasteiger partial charge in [-0.2, -0.15) is 8.42 Å². The number of nitrogens with one attached hydrogen (secondary N) is 2. The summed E-state index contributed by atoms with van der Waals surface area (Å²) in [6.45, 7) is 4.04. The van der Waals surface area contributed by atoms with Crippen LogP contribution >= 0.6 is 0 Å². The summed E-state index contributed by atoms with van der Waals surface area (Å²) in [5, 5.41) is 26.3. The Labute approximate surface area is 261 Å². The van der Waals surface area contributed by atoms with Crippen molar-refractivity contribution in [3.63, 3.8) is 0 Å². The summed E-state index contributed by atoms with van der Waals surface area (Å²) in [6, 6.07) is 0. The van der Waals surface area contributed by atoms with Gasteiger partial charge in [-0.05, 0) is 57.9 Å². The highest BCUT2D eigenvalue weighted by Crippen LogP contribution is 2.03. The van der Waals surface area contributed by atoms with Gasteiger partial charge in [0.1, 0.15) is 0 Å². The average Bonchev–Trinajstić information content (AvgIpc) is 2.94. The van der Waals surface area contributed by atoms with E-state index in [4.69, 9.17) is 10.3 Å². The van der Waals surface area contributed by atoms with Crippen molar-refractivity contribution in [2.45, 2.75) is 90.4 Å². The van der Waals surface area contributed by atoms with E-state index in [1.165, 1.54) is 6.92 Å². The van der Waals surface area contributed by atoms with Gasteiger partial charge in [0.15, 0.2) is 0 Å². The van der Waals surface area contributed by atoms with Gasteiger partial charge in [-0.25, -0.2) is 10.1 Å². The Morgan fingerprint density at radius 3 is 1.39 bits per heavy atom. The zero-order valence-electron chi connectivity index (χ0n) is 26.5. The maximum Gasteiger partial charge on any atom is 0.261 e. The molecule has 16 nitrogen and oxygen atoms in total. The number of amides is 5. The highest BCUT2D eigenvalue weighted by atomic mass is 32.2. The Kier molecular flexibility index (Phi) is 26.1. The molecule has 0 aliphatic rings. The first-order chi connectivity index (χ1) is 20.6. The van der Waals surface area contributed by atoms with Gasteiger partial charge in [0.05, 0.1) is 6.26 Å². The molecule has 17 heteroatoms. The topological polar surface area (TPSA) is 240 Å². The zero-order valence-corrected chi connectivity index (χ0v) is 27.3. The van der Waals surface area contributed by atoms with Crippen molar-refractivity contribution in [3.05, 3.63) is 0 Å². The van der Waals surface area contributed by atoms with Crippen molar-refractivity contribution in [1.82, 2.24) is 25.7 Å². The molecule has 0 aliphatic heterocycles. The number of hydrogen-bond acceptors (Lipinski definition) is 10. The Hall–Kier alpha value is -2.86. The molecule has 0 saturated carbocycles. The Morgan fingerprint density at radius 2 is 1.02 bits per heavy atom. The summed E-state index contributed by atoms with van der Waals surface area (Å²) in [6.07, 6.45) is 7.23. The predicted molar refractivity (Wildman–Crippen MR) is 163 cm³/mol. The molecule has 0 fully saturated rings. The number of carbonyl (C=O) groups is 5.